The van der Waals surface area contributed by atoms with E-state index in [4.69, 9.17) is 23.2 Å². The lowest BCUT2D eigenvalue weighted by Gasteiger charge is -2.03. The lowest BCUT2D eigenvalue weighted by molar-refractivity contribution is -0.107. The molecule has 0 unspecified atom stereocenters. The minimum absolute atomic E-state index is 0.537. The molecule has 1 heterocycles. The lowest BCUT2D eigenvalue weighted by Crippen LogP contribution is -1.90. The van der Waals surface area contributed by atoms with E-state index < -0.39 is 0 Å². The van der Waals surface area contributed by atoms with Crippen LogP contribution in [-0.4, -0.2) is 11.3 Å². The zero-order valence-corrected chi connectivity index (χ0v) is 8.48. The normalized spacial score (nSPS) is 10.0. The lowest BCUT2D eigenvalue weighted by atomic mass is 10.1. The zero-order chi connectivity index (χ0) is 9.68. The highest BCUT2D eigenvalue weighted by molar-refractivity contribution is 6.35. The van der Waals surface area contributed by atoms with Gasteiger partial charge >= 0.3 is 0 Å². The smallest absolute Gasteiger partial charge is 0.120 e. The Morgan fingerprint density at radius 3 is 2.46 bits per heavy atom. The molecule has 4 heteroatoms. The van der Waals surface area contributed by atoms with Crippen molar-refractivity contribution in [1.29, 1.82) is 0 Å². The number of carbonyl (C=O) groups excluding carboxylic acids is 1. The summed E-state index contributed by atoms with van der Waals surface area (Å²) in [6, 6.07) is 0. The predicted molar refractivity (Wildman–Crippen MR) is 53.3 cm³/mol. The standard InChI is InChI=1S/C9H9Cl2NO/c10-8-5-12-6-9(11)7(8)3-1-2-4-13/h4-6H,1-3H2. The maximum absolute atomic E-state index is 10.1. The molecule has 1 rings (SSSR count). The van der Waals surface area contributed by atoms with Crippen molar-refractivity contribution in [3.63, 3.8) is 0 Å². The Morgan fingerprint density at radius 1 is 1.31 bits per heavy atom. The van der Waals surface area contributed by atoms with Crippen molar-refractivity contribution in [2.45, 2.75) is 19.3 Å². The maximum Gasteiger partial charge on any atom is 0.120 e. The molecule has 2 nitrogen and oxygen atoms in total. The number of pyridine rings is 1. The van der Waals surface area contributed by atoms with E-state index in [1.165, 1.54) is 0 Å². The number of unbranched alkanes of at least 4 members (excludes halogenated alkanes) is 1. The van der Waals surface area contributed by atoms with Crippen LogP contribution in [0.1, 0.15) is 18.4 Å². The Kier molecular flexibility index (Phi) is 4.19. The first kappa shape index (κ1) is 10.5. The molecule has 70 valence electrons. The Bertz CT molecular complexity index is 281. The summed E-state index contributed by atoms with van der Waals surface area (Å²) in [7, 11) is 0. The van der Waals surface area contributed by atoms with Crippen LogP contribution in [0.5, 0.6) is 0 Å². The van der Waals surface area contributed by atoms with Gasteiger partial charge < -0.3 is 4.79 Å². The topological polar surface area (TPSA) is 30.0 Å². The molecule has 0 atom stereocenters. The third-order valence-corrected chi connectivity index (χ3v) is 2.35. The van der Waals surface area contributed by atoms with Crippen molar-refractivity contribution < 1.29 is 4.79 Å². The van der Waals surface area contributed by atoms with Crippen molar-refractivity contribution >= 4 is 29.5 Å². The summed E-state index contributed by atoms with van der Waals surface area (Å²) >= 11 is 11.7. The largest absolute Gasteiger partial charge is 0.303 e. The van der Waals surface area contributed by atoms with Gasteiger partial charge in [-0.15, -0.1) is 0 Å². The van der Waals surface area contributed by atoms with E-state index in [9.17, 15) is 4.79 Å². The number of halogens is 2. The van der Waals surface area contributed by atoms with Gasteiger partial charge in [0.05, 0.1) is 10.0 Å². The number of aldehydes is 1. The summed E-state index contributed by atoms with van der Waals surface area (Å²) in [6.45, 7) is 0. The number of nitrogens with zero attached hydrogens (tertiary/aromatic N) is 1. The van der Waals surface area contributed by atoms with Gasteiger partial charge in [0, 0.05) is 18.8 Å². The van der Waals surface area contributed by atoms with Crippen LogP contribution >= 0.6 is 23.2 Å². The summed E-state index contributed by atoms with van der Waals surface area (Å²) in [5.74, 6) is 0. The van der Waals surface area contributed by atoms with E-state index in [2.05, 4.69) is 4.98 Å². The molecule has 0 spiro atoms. The summed E-state index contributed by atoms with van der Waals surface area (Å²) in [4.78, 5) is 13.9. The van der Waals surface area contributed by atoms with Crippen LogP contribution in [0.3, 0.4) is 0 Å². The second-order valence-electron chi connectivity index (χ2n) is 2.64. The number of aromatic nitrogens is 1. The van der Waals surface area contributed by atoms with Gasteiger partial charge in [-0.25, -0.2) is 0 Å². The molecule has 0 N–H and O–H groups in total. The molecule has 0 bridgehead atoms. The minimum Gasteiger partial charge on any atom is -0.303 e. The number of carbonyl (C=O) groups is 1. The SMILES string of the molecule is O=CCCCc1c(Cl)cncc1Cl. The Morgan fingerprint density at radius 2 is 1.92 bits per heavy atom. The van der Waals surface area contributed by atoms with Gasteiger partial charge in [-0.1, -0.05) is 23.2 Å². The van der Waals surface area contributed by atoms with Crippen molar-refractivity contribution in [2.24, 2.45) is 0 Å². The quantitative estimate of drug-likeness (QED) is 0.574. The number of hydrogen-bond acceptors (Lipinski definition) is 2. The molecule has 0 aliphatic rings. The van der Waals surface area contributed by atoms with Crippen LogP contribution in [-0.2, 0) is 11.2 Å². The molecule has 1 aromatic heterocycles. The van der Waals surface area contributed by atoms with Gasteiger partial charge in [-0.3, -0.25) is 4.98 Å². The van der Waals surface area contributed by atoms with E-state index in [-0.39, 0.29) is 0 Å². The average Bonchev–Trinajstić information content (AvgIpc) is 2.10. The van der Waals surface area contributed by atoms with Crippen LogP contribution in [0.4, 0.5) is 0 Å². The summed E-state index contributed by atoms with van der Waals surface area (Å²) in [5, 5.41) is 1.14. The average molecular weight is 218 g/mol. The fourth-order valence-electron chi connectivity index (χ4n) is 1.04. The third-order valence-electron chi connectivity index (χ3n) is 1.70. The van der Waals surface area contributed by atoms with Crippen molar-refractivity contribution in [3.05, 3.63) is 28.0 Å². The van der Waals surface area contributed by atoms with Crippen LogP contribution in [0, 0.1) is 0 Å². The predicted octanol–water partition coefficient (Wildman–Crippen LogP) is 2.91. The van der Waals surface area contributed by atoms with Gasteiger partial charge in [0.1, 0.15) is 6.29 Å². The van der Waals surface area contributed by atoms with Crippen molar-refractivity contribution in [3.8, 4) is 0 Å². The van der Waals surface area contributed by atoms with Crippen molar-refractivity contribution in [1.82, 2.24) is 4.98 Å². The highest BCUT2D eigenvalue weighted by atomic mass is 35.5. The van der Waals surface area contributed by atoms with E-state index in [0.29, 0.717) is 16.5 Å². The summed E-state index contributed by atoms with van der Waals surface area (Å²) in [6.07, 6.45) is 6.04. The molecule has 0 aliphatic carbocycles. The first-order chi connectivity index (χ1) is 6.25. The molecule has 0 radical (unpaired) electrons. The van der Waals surface area contributed by atoms with Crippen LogP contribution in [0.25, 0.3) is 0 Å². The van der Waals surface area contributed by atoms with E-state index in [0.717, 1.165) is 24.7 Å². The molecule has 0 saturated heterocycles. The van der Waals surface area contributed by atoms with E-state index >= 15 is 0 Å². The monoisotopic (exact) mass is 217 g/mol. The molecular formula is C9H9Cl2NO. The fraction of sp³-hybridized carbons (Fsp3) is 0.333. The first-order valence-corrected chi connectivity index (χ1v) is 4.73. The van der Waals surface area contributed by atoms with E-state index in [1.807, 2.05) is 0 Å². The zero-order valence-electron chi connectivity index (χ0n) is 6.96. The fourth-order valence-corrected chi connectivity index (χ4v) is 1.59. The highest BCUT2D eigenvalue weighted by Crippen LogP contribution is 2.24. The number of hydrogen-bond donors (Lipinski definition) is 0. The molecule has 0 aliphatic heterocycles. The van der Waals surface area contributed by atoms with Gasteiger partial charge in [0.25, 0.3) is 0 Å². The van der Waals surface area contributed by atoms with Crippen molar-refractivity contribution in [2.75, 3.05) is 0 Å². The first-order valence-electron chi connectivity index (χ1n) is 3.97. The molecule has 0 saturated carbocycles. The Balaban J connectivity index is 2.69. The van der Waals surface area contributed by atoms with Gasteiger partial charge in [0.15, 0.2) is 0 Å². The van der Waals surface area contributed by atoms with E-state index in [1.54, 1.807) is 12.4 Å². The van der Waals surface area contributed by atoms with Gasteiger partial charge in [-0.05, 0) is 18.4 Å². The number of rotatable bonds is 4. The molecule has 13 heavy (non-hydrogen) atoms. The van der Waals surface area contributed by atoms with Crippen LogP contribution in [0.2, 0.25) is 10.0 Å². The maximum atomic E-state index is 10.1. The Hall–Kier alpha value is -0.600. The second-order valence-corrected chi connectivity index (χ2v) is 3.45. The summed E-state index contributed by atoms with van der Waals surface area (Å²) in [5.41, 5.74) is 0.875. The molecular weight excluding hydrogens is 209 g/mol. The molecule has 0 fully saturated rings. The second kappa shape index (κ2) is 5.20. The molecule has 0 amide bonds. The third kappa shape index (κ3) is 2.98. The van der Waals surface area contributed by atoms with Gasteiger partial charge in [-0.2, -0.15) is 0 Å². The van der Waals surface area contributed by atoms with Crippen LogP contribution in [0.15, 0.2) is 12.4 Å². The minimum atomic E-state index is 0.537. The summed E-state index contributed by atoms with van der Waals surface area (Å²) < 4.78 is 0. The Labute approximate surface area is 86.9 Å². The highest BCUT2D eigenvalue weighted by Gasteiger charge is 2.04. The van der Waals surface area contributed by atoms with Crippen LogP contribution < -0.4 is 0 Å². The van der Waals surface area contributed by atoms with Gasteiger partial charge in [0.2, 0.25) is 0 Å². The molecule has 0 aromatic carbocycles. The molecule has 1 aromatic rings.